The molecule has 1 heterocycles. The third-order valence-corrected chi connectivity index (χ3v) is 6.60. The van der Waals surface area contributed by atoms with Crippen LogP contribution in [-0.2, 0) is 19.1 Å². The van der Waals surface area contributed by atoms with Crippen molar-refractivity contribution in [1.82, 2.24) is 15.1 Å². The molecule has 0 saturated carbocycles. The third kappa shape index (κ3) is 5.13. The summed E-state index contributed by atoms with van der Waals surface area (Å²) < 4.78 is 5.48. The SMILES string of the molecule is CN(C)C(=O)C1CCN(C(=O)C(CC(=O)O)NC(=O)OCC2c3ccccc3-c3ccccc32)C1. The van der Waals surface area contributed by atoms with Crippen LogP contribution in [0.1, 0.15) is 29.9 Å². The average molecular weight is 480 g/mol. The van der Waals surface area contributed by atoms with E-state index in [0.29, 0.717) is 13.0 Å². The molecule has 0 radical (unpaired) electrons. The highest BCUT2D eigenvalue weighted by atomic mass is 16.5. The lowest BCUT2D eigenvalue weighted by Crippen LogP contribution is -2.49. The maximum Gasteiger partial charge on any atom is 0.407 e. The van der Waals surface area contributed by atoms with E-state index >= 15 is 0 Å². The van der Waals surface area contributed by atoms with Crippen LogP contribution < -0.4 is 5.32 Å². The first kappa shape index (κ1) is 24.3. The molecule has 184 valence electrons. The second-order valence-corrected chi connectivity index (χ2v) is 9.12. The Balaban J connectivity index is 1.40. The molecule has 2 atom stereocenters. The molecule has 0 aromatic heterocycles. The summed E-state index contributed by atoms with van der Waals surface area (Å²) in [7, 11) is 3.30. The molecule has 2 aromatic rings. The summed E-state index contributed by atoms with van der Waals surface area (Å²) in [6.45, 7) is 0.570. The molecule has 1 aliphatic heterocycles. The predicted octanol–water partition coefficient (Wildman–Crippen LogP) is 2.31. The van der Waals surface area contributed by atoms with Gasteiger partial charge in [-0.1, -0.05) is 48.5 Å². The van der Waals surface area contributed by atoms with Crippen molar-refractivity contribution in [2.75, 3.05) is 33.8 Å². The zero-order chi connectivity index (χ0) is 25.1. The van der Waals surface area contributed by atoms with Crippen LogP contribution >= 0.6 is 0 Å². The zero-order valence-corrected chi connectivity index (χ0v) is 19.8. The number of hydrogen-bond acceptors (Lipinski definition) is 5. The Morgan fingerprint density at radius 2 is 1.66 bits per heavy atom. The van der Waals surface area contributed by atoms with Gasteiger partial charge in [0.15, 0.2) is 0 Å². The summed E-state index contributed by atoms with van der Waals surface area (Å²) in [5.41, 5.74) is 4.28. The van der Waals surface area contributed by atoms with Gasteiger partial charge in [0.25, 0.3) is 0 Å². The molecule has 2 N–H and O–H groups in total. The lowest BCUT2D eigenvalue weighted by Gasteiger charge is -2.24. The minimum Gasteiger partial charge on any atom is -0.481 e. The van der Waals surface area contributed by atoms with Crippen LogP contribution in [0, 0.1) is 5.92 Å². The summed E-state index contributed by atoms with van der Waals surface area (Å²) in [6, 6.07) is 14.6. The van der Waals surface area contributed by atoms with E-state index in [9.17, 15) is 24.3 Å². The van der Waals surface area contributed by atoms with Gasteiger partial charge < -0.3 is 25.0 Å². The summed E-state index contributed by atoms with van der Waals surface area (Å²) in [5, 5.41) is 11.7. The van der Waals surface area contributed by atoms with Crippen LogP contribution in [0.2, 0.25) is 0 Å². The molecule has 1 saturated heterocycles. The highest BCUT2D eigenvalue weighted by Crippen LogP contribution is 2.44. The number of carbonyl (C=O) groups is 4. The number of carboxylic acid groups (broad SMARTS) is 1. The summed E-state index contributed by atoms with van der Waals surface area (Å²) in [4.78, 5) is 52.2. The topological polar surface area (TPSA) is 116 Å². The van der Waals surface area contributed by atoms with Crippen LogP contribution in [0.4, 0.5) is 4.79 Å². The minimum atomic E-state index is -1.28. The van der Waals surface area contributed by atoms with Gasteiger partial charge in [0.2, 0.25) is 11.8 Å². The Hall–Kier alpha value is -3.88. The maximum atomic E-state index is 13.0. The van der Waals surface area contributed by atoms with Crippen molar-refractivity contribution in [2.45, 2.75) is 24.8 Å². The normalized spacial score (nSPS) is 17.3. The summed E-state index contributed by atoms with van der Waals surface area (Å²) in [6.07, 6.45) is -0.939. The molecule has 9 nitrogen and oxygen atoms in total. The lowest BCUT2D eigenvalue weighted by molar-refractivity contribution is -0.142. The van der Waals surface area contributed by atoms with Crippen LogP contribution in [0.5, 0.6) is 0 Å². The third-order valence-electron chi connectivity index (χ3n) is 6.60. The molecule has 0 bridgehead atoms. The fourth-order valence-corrected chi connectivity index (χ4v) is 4.90. The predicted molar refractivity (Wildman–Crippen MR) is 128 cm³/mol. The second-order valence-electron chi connectivity index (χ2n) is 9.12. The van der Waals surface area contributed by atoms with Gasteiger partial charge in [-0.25, -0.2) is 4.79 Å². The first-order chi connectivity index (χ1) is 16.8. The van der Waals surface area contributed by atoms with Gasteiger partial charge in [-0.2, -0.15) is 0 Å². The van der Waals surface area contributed by atoms with E-state index in [-0.39, 0.29) is 30.9 Å². The number of likely N-dealkylation sites (tertiary alicyclic amines) is 1. The van der Waals surface area contributed by atoms with Crippen LogP contribution in [0.15, 0.2) is 48.5 Å². The number of alkyl carbamates (subject to hydrolysis) is 1. The number of nitrogens with zero attached hydrogens (tertiary/aromatic N) is 2. The van der Waals surface area contributed by atoms with Crippen molar-refractivity contribution in [3.05, 3.63) is 59.7 Å². The Labute approximate surface area is 203 Å². The quantitative estimate of drug-likeness (QED) is 0.630. The summed E-state index contributed by atoms with van der Waals surface area (Å²) >= 11 is 0. The van der Waals surface area contributed by atoms with E-state index in [1.165, 1.54) is 9.80 Å². The molecule has 3 amide bonds. The van der Waals surface area contributed by atoms with Gasteiger partial charge in [-0.15, -0.1) is 0 Å². The van der Waals surface area contributed by atoms with Gasteiger partial charge in [0, 0.05) is 33.1 Å². The minimum absolute atomic E-state index is 0.0525. The van der Waals surface area contributed by atoms with E-state index in [0.717, 1.165) is 22.3 Å². The molecular formula is C26H29N3O6. The molecule has 2 aromatic carbocycles. The van der Waals surface area contributed by atoms with E-state index in [4.69, 9.17) is 4.74 Å². The van der Waals surface area contributed by atoms with Crippen molar-refractivity contribution < 1.29 is 29.0 Å². The Bertz CT molecular complexity index is 1100. The Morgan fingerprint density at radius 3 is 2.23 bits per heavy atom. The number of carbonyl (C=O) groups excluding carboxylic acids is 3. The highest BCUT2D eigenvalue weighted by Gasteiger charge is 2.36. The van der Waals surface area contributed by atoms with Crippen LogP contribution in [0.3, 0.4) is 0 Å². The standard InChI is InChI=1S/C26H29N3O6/c1-28(2)24(32)16-11-12-29(14-16)25(33)22(13-23(30)31)27-26(34)35-15-21-19-9-5-3-7-17(19)18-8-4-6-10-20(18)21/h3-10,16,21-22H,11-15H2,1-2H3,(H,27,34)(H,30,31). The van der Waals surface area contributed by atoms with E-state index < -0.39 is 30.4 Å². The van der Waals surface area contributed by atoms with Crippen molar-refractivity contribution >= 4 is 23.9 Å². The van der Waals surface area contributed by atoms with Crippen molar-refractivity contribution in [3.63, 3.8) is 0 Å². The molecule has 0 spiro atoms. The first-order valence-electron chi connectivity index (χ1n) is 11.6. The maximum absolute atomic E-state index is 13.0. The Morgan fingerprint density at radius 1 is 1.06 bits per heavy atom. The van der Waals surface area contributed by atoms with Crippen molar-refractivity contribution in [3.8, 4) is 11.1 Å². The molecule has 9 heteroatoms. The highest BCUT2D eigenvalue weighted by molar-refractivity contribution is 5.90. The second kappa shape index (κ2) is 10.2. The number of amides is 3. The monoisotopic (exact) mass is 479 g/mol. The zero-order valence-electron chi connectivity index (χ0n) is 19.8. The largest absolute Gasteiger partial charge is 0.481 e. The molecule has 35 heavy (non-hydrogen) atoms. The number of benzene rings is 2. The number of nitrogens with one attached hydrogen (secondary N) is 1. The number of aliphatic carboxylic acids is 1. The number of carboxylic acids is 1. The van der Waals surface area contributed by atoms with Gasteiger partial charge in [-0.3, -0.25) is 14.4 Å². The van der Waals surface area contributed by atoms with Crippen LogP contribution in [-0.4, -0.2) is 78.6 Å². The number of hydrogen-bond donors (Lipinski definition) is 2. The molecule has 2 unspecified atom stereocenters. The van der Waals surface area contributed by atoms with Crippen molar-refractivity contribution in [2.24, 2.45) is 5.92 Å². The number of fused-ring (bicyclic) bond motifs is 3. The number of ether oxygens (including phenoxy) is 1. The fraction of sp³-hybridized carbons (Fsp3) is 0.385. The van der Waals surface area contributed by atoms with E-state index in [1.54, 1.807) is 14.1 Å². The van der Waals surface area contributed by atoms with Gasteiger partial charge in [-0.05, 0) is 28.7 Å². The lowest BCUT2D eigenvalue weighted by atomic mass is 9.98. The molecular weight excluding hydrogens is 450 g/mol. The van der Waals surface area contributed by atoms with E-state index in [1.807, 2.05) is 48.5 Å². The van der Waals surface area contributed by atoms with Gasteiger partial charge in [0.05, 0.1) is 12.3 Å². The smallest absolute Gasteiger partial charge is 0.407 e. The van der Waals surface area contributed by atoms with Gasteiger partial charge in [0.1, 0.15) is 12.6 Å². The first-order valence-corrected chi connectivity index (χ1v) is 11.6. The van der Waals surface area contributed by atoms with Crippen LogP contribution in [0.25, 0.3) is 11.1 Å². The molecule has 4 rings (SSSR count). The fourth-order valence-electron chi connectivity index (χ4n) is 4.90. The van der Waals surface area contributed by atoms with E-state index in [2.05, 4.69) is 5.32 Å². The Kier molecular flexibility index (Phi) is 7.04. The average Bonchev–Trinajstić information content (AvgIpc) is 3.44. The molecule has 1 aliphatic carbocycles. The number of rotatable bonds is 7. The van der Waals surface area contributed by atoms with Crippen molar-refractivity contribution in [1.29, 1.82) is 0 Å². The molecule has 2 aliphatic rings. The molecule has 1 fully saturated rings. The van der Waals surface area contributed by atoms with Gasteiger partial charge >= 0.3 is 12.1 Å². The summed E-state index contributed by atoms with van der Waals surface area (Å²) in [5.74, 6) is -2.33.